The quantitative estimate of drug-likeness (QED) is 0.794. The first-order chi connectivity index (χ1) is 13.8. The molecule has 8 nitrogen and oxygen atoms in total. The molecule has 2 aliphatic rings. The summed E-state index contributed by atoms with van der Waals surface area (Å²) in [5.74, 6) is 2.20. The molecule has 1 aromatic carbocycles. The molecule has 0 bridgehead atoms. The SMILES string of the molecule is COc1cc2c(cc1OCc1nn[nH]n1)CCN1CC(CC(C)(C)C)C(O)CC21. The highest BCUT2D eigenvalue weighted by molar-refractivity contribution is 5.49. The van der Waals surface area contributed by atoms with E-state index in [4.69, 9.17) is 9.47 Å². The van der Waals surface area contributed by atoms with E-state index in [1.54, 1.807) is 7.11 Å². The van der Waals surface area contributed by atoms with Crippen LogP contribution in [-0.2, 0) is 13.0 Å². The summed E-state index contributed by atoms with van der Waals surface area (Å²) in [6.07, 6.45) is 2.49. The summed E-state index contributed by atoms with van der Waals surface area (Å²) in [6, 6.07) is 4.37. The summed E-state index contributed by atoms with van der Waals surface area (Å²) in [4.78, 5) is 2.53. The summed E-state index contributed by atoms with van der Waals surface area (Å²) in [6.45, 7) is 8.92. The molecule has 1 fully saturated rings. The average molecular weight is 402 g/mol. The second-order valence-electron chi connectivity index (χ2n) is 9.41. The predicted octanol–water partition coefficient (Wildman–Crippen LogP) is 2.50. The number of nitrogens with one attached hydrogen (secondary N) is 1. The third-order valence-electron chi connectivity index (χ3n) is 5.99. The van der Waals surface area contributed by atoms with Gasteiger partial charge in [-0.25, -0.2) is 0 Å². The van der Waals surface area contributed by atoms with Gasteiger partial charge in [0.25, 0.3) is 0 Å². The zero-order valence-electron chi connectivity index (χ0n) is 17.7. The van der Waals surface area contributed by atoms with Gasteiger partial charge in [0.05, 0.1) is 13.2 Å². The van der Waals surface area contributed by atoms with Gasteiger partial charge in [-0.2, -0.15) is 5.21 Å². The van der Waals surface area contributed by atoms with Crippen molar-refractivity contribution in [2.24, 2.45) is 11.3 Å². The predicted molar refractivity (Wildman–Crippen MR) is 108 cm³/mol. The average Bonchev–Trinajstić information content (AvgIpc) is 3.19. The molecule has 0 amide bonds. The number of aromatic amines is 1. The van der Waals surface area contributed by atoms with Gasteiger partial charge in [0.2, 0.25) is 5.82 Å². The van der Waals surface area contributed by atoms with Crippen molar-refractivity contribution in [3.8, 4) is 11.5 Å². The molecule has 2 aromatic rings. The second kappa shape index (κ2) is 7.91. The van der Waals surface area contributed by atoms with Crippen LogP contribution in [0, 0.1) is 11.3 Å². The first-order valence-corrected chi connectivity index (χ1v) is 10.3. The van der Waals surface area contributed by atoms with Crippen molar-refractivity contribution >= 4 is 0 Å². The molecule has 0 saturated carbocycles. The number of aliphatic hydroxyl groups excluding tert-OH is 1. The van der Waals surface area contributed by atoms with E-state index in [9.17, 15) is 5.11 Å². The lowest BCUT2D eigenvalue weighted by Gasteiger charge is -2.47. The zero-order valence-corrected chi connectivity index (χ0v) is 17.7. The first kappa shape index (κ1) is 20.1. The molecule has 0 radical (unpaired) electrons. The molecule has 0 aliphatic carbocycles. The maximum Gasteiger partial charge on any atom is 0.211 e. The molecule has 1 aromatic heterocycles. The van der Waals surface area contributed by atoms with Crippen LogP contribution in [0.25, 0.3) is 0 Å². The van der Waals surface area contributed by atoms with Crippen LogP contribution in [0.2, 0.25) is 0 Å². The monoisotopic (exact) mass is 401 g/mol. The van der Waals surface area contributed by atoms with E-state index < -0.39 is 0 Å². The molecule has 8 heteroatoms. The molecule has 158 valence electrons. The van der Waals surface area contributed by atoms with Crippen molar-refractivity contribution in [2.75, 3.05) is 20.2 Å². The van der Waals surface area contributed by atoms with E-state index in [1.807, 2.05) is 0 Å². The fraction of sp³-hybridized carbons (Fsp3) is 0.667. The Bertz CT molecular complexity index is 834. The number of nitrogens with zero attached hydrogens (tertiary/aromatic N) is 4. The van der Waals surface area contributed by atoms with Crippen molar-refractivity contribution in [1.82, 2.24) is 25.5 Å². The van der Waals surface area contributed by atoms with Gasteiger partial charge >= 0.3 is 0 Å². The number of aliphatic hydroxyl groups is 1. The standard InChI is InChI=1S/C21H31N5O3/c1-21(2,3)10-14-11-26-6-5-13-7-19(29-12-20-22-24-25-23-20)18(28-4)8-15(13)16(26)9-17(14)27/h7-8,14,16-17,27H,5-6,9-12H2,1-4H3,(H,22,23,24,25). The van der Waals surface area contributed by atoms with Crippen molar-refractivity contribution in [3.05, 3.63) is 29.1 Å². The maximum absolute atomic E-state index is 10.9. The van der Waals surface area contributed by atoms with Crippen LogP contribution in [0.15, 0.2) is 12.1 Å². The number of hydrogen-bond acceptors (Lipinski definition) is 7. The molecule has 29 heavy (non-hydrogen) atoms. The molecule has 3 atom stereocenters. The summed E-state index contributed by atoms with van der Waals surface area (Å²) in [5, 5.41) is 24.7. The number of ether oxygens (including phenoxy) is 2. The van der Waals surface area contributed by atoms with Gasteiger partial charge in [0, 0.05) is 19.1 Å². The Kier molecular flexibility index (Phi) is 5.48. The third kappa shape index (κ3) is 4.38. The number of H-pyrrole nitrogens is 1. The number of methoxy groups -OCH3 is 1. The molecule has 0 spiro atoms. The Morgan fingerprint density at radius 1 is 1.28 bits per heavy atom. The van der Waals surface area contributed by atoms with Gasteiger partial charge < -0.3 is 14.6 Å². The Balaban J connectivity index is 1.54. The van der Waals surface area contributed by atoms with Crippen molar-refractivity contribution in [1.29, 1.82) is 0 Å². The highest BCUT2D eigenvalue weighted by Crippen LogP contribution is 2.44. The Labute approximate surface area is 171 Å². The normalized spacial score (nSPS) is 24.7. The van der Waals surface area contributed by atoms with E-state index in [0.717, 1.165) is 32.4 Å². The Morgan fingerprint density at radius 2 is 2.10 bits per heavy atom. The molecule has 2 aliphatic heterocycles. The van der Waals surface area contributed by atoms with Crippen LogP contribution in [-0.4, -0.2) is 56.9 Å². The molecule has 3 heterocycles. The molecule has 4 rings (SSSR count). The number of tetrazole rings is 1. The Morgan fingerprint density at radius 3 is 2.79 bits per heavy atom. The van der Waals surface area contributed by atoms with Gasteiger partial charge in [-0.1, -0.05) is 26.0 Å². The lowest BCUT2D eigenvalue weighted by atomic mass is 9.75. The summed E-state index contributed by atoms with van der Waals surface area (Å²) >= 11 is 0. The molecular weight excluding hydrogens is 370 g/mol. The largest absolute Gasteiger partial charge is 0.493 e. The highest BCUT2D eigenvalue weighted by Gasteiger charge is 2.39. The van der Waals surface area contributed by atoms with Gasteiger partial charge in [0.15, 0.2) is 18.1 Å². The summed E-state index contributed by atoms with van der Waals surface area (Å²) < 4.78 is 11.5. The topological polar surface area (TPSA) is 96.4 Å². The van der Waals surface area contributed by atoms with E-state index in [1.165, 1.54) is 11.1 Å². The Hall–Kier alpha value is -2.19. The third-order valence-corrected chi connectivity index (χ3v) is 5.99. The second-order valence-corrected chi connectivity index (χ2v) is 9.41. The van der Waals surface area contributed by atoms with Gasteiger partial charge in [-0.15, -0.1) is 10.2 Å². The lowest BCUT2D eigenvalue weighted by molar-refractivity contribution is -0.0259. The zero-order chi connectivity index (χ0) is 20.6. The number of rotatable bonds is 5. The number of piperidine rings is 1. The van der Waals surface area contributed by atoms with Crippen LogP contribution in [0.5, 0.6) is 11.5 Å². The minimum absolute atomic E-state index is 0.223. The van der Waals surface area contributed by atoms with Gasteiger partial charge in [0.1, 0.15) is 0 Å². The minimum Gasteiger partial charge on any atom is -0.493 e. The lowest BCUT2D eigenvalue weighted by Crippen LogP contribution is -2.48. The number of aromatic nitrogens is 4. The smallest absolute Gasteiger partial charge is 0.211 e. The van der Waals surface area contributed by atoms with Crippen LogP contribution in [0.3, 0.4) is 0 Å². The number of hydrogen-bond donors (Lipinski definition) is 2. The van der Waals surface area contributed by atoms with E-state index in [-0.39, 0.29) is 24.2 Å². The van der Waals surface area contributed by atoms with Crippen molar-refractivity contribution in [2.45, 2.75) is 58.8 Å². The highest BCUT2D eigenvalue weighted by atomic mass is 16.5. The fourth-order valence-electron chi connectivity index (χ4n) is 4.75. The fourth-order valence-corrected chi connectivity index (χ4v) is 4.75. The first-order valence-electron chi connectivity index (χ1n) is 10.3. The van der Waals surface area contributed by atoms with E-state index in [0.29, 0.717) is 23.2 Å². The molecule has 3 unspecified atom stereocenters. The molecule has 1 saturated heterocycles. The van der Waals surface area contributed by atoms with E-state index >= 15 is 0 Å². The number of fused-ring (bicyclic) bond motifs is 3. The molecular formula is C21H31N5O3. The number of benzene rings is 1. The van der Waals surface area contributed by atoms with Gasteiger partial charge in [-0.3, -0.25) is 4.90 Å². The van der Waals surface area contributed by atoms with Crippen LogP contribution in [0.4, 0.5) is 0 Å². The van der Waals surface area contributed by atoms with E-state index in [2.05, 4.69) is 58.4 Å². The summed E-state index contributed by atoms with van der Waals surface area (Å²) in [5.41, 5.74) is 2.73. The van der Waals surface area contributed by atoms with Gasteiger partial charge in [-0.05, 0) is 53.9 Å². The van der Waals surface area contributed by atoms with Crippen molar-refractivity contribution < 1.29 is 14.6 Å². The maximum atomic E-state index is 10.9. The van der Waals surface area contributed by atoms with Crippen LogP contribution in [0.1, 0.15) is 56.6 Å². The summed E-state index contributed by atoms with van der Waals surface area (Å²) in [7, 11) is 1.65. The minimum atomic E-state index is -0.276. The van der Waals surface area contributed by atoms with Crippen molar-refractivity contribution in [3.63, 3.8) is 0 Å². The van der Waals surface area contributed by atoms with Crippen LogP contribution < -0.4 is 9.47 Å². The molecule has 2 N–H and O–H groups in total. The van der Waals surface area contributed by atoms with Crippen LogP contribution >= 0.6 is 0 Å².